The minimum absolute atomic E-state index is 0.189. The van der Waals surface area contributed by atoms with Crippen LogP contribution in [0.15, 0.2) is 0 Å². The molecule has 0 aliphatic heterocycles. The lowest BCUT2D eigenvalue weighted by atomic mass is 9.77. The van der Waals surface area contributed by atoms with Gasteiger partial charge in [0, 0.05) is 18.1 Å². The van der Waals surface area contributed by atoms with Crippen LogP contribution in [0.2, 0.25) is 0 Å². The number of rotatable bonds is 7. The molecule has 3 atom stereocenters. The van der Waals surface area contributed by atoms with Gasteiger partial charge in [-0.2, -0.15) is 0 Å². The Hall–Kier alpha value is -0.610. The molecule has 3 unspecified atom stereocenters. The molecule has 1 rings (SSSR count). The second-order valence-corrected chi connectivity index (χ2v) is 7.64. The topological polar surface area (TPSA) is 58.4 Å². The molecule has 4 heteroatoms. The summed E-state index contributed by atoms with van der Waals surface area (Å²) in [4.78, 5) is 14.5. The van der Waals surface area contributed by atoms with Crippen molar-refractivity contribution >= 4 is 5.91 Å². The molecule has 1 aliphatic rings. The van der Waals surface area contributed by atoms with Gasteiger partial charge in [0.05, 0.1) is 5.54 Å². The molecule has 1 aliphatic carbocycles. The molecule has 0 aromatic carbocycles. The number of nitrogens with zero attached hydrogens (tertiary/aromatic N) is 1. The van der Waals surface area contributed by atoms with Crippen molar-refractivity contribution in [2.45, 2.75) is 90.4 Å². The molecule has 4 nitrogen and oxygen atoms in total. The van der Waals surface area contributed by atoms with E-state index in [9.17, 15) is 4.79 Å². The lowest BCUT2D eigenvalue weighted by Gasteiger charge is -2.45. The Bertz CT molecular complexity index is 343. The van der Waals surface area contributed by atoms with Gasteiger partial charge in [0.15, 0.2) is 0 Å². The molecule has 0 radical (unpaired) electrons. The molecular formula is C17H35N3O. The van der Waals surface area contributed by atoms with E-state index >= 15 is 0 Å². The Morgan fingerprint density at radius 3 is 2.43 bits per heavy atom. The summed E-state index contributed by atoms with van der Waals surface area (Å²) in [7, 11) is 2.20. The number of carbonyl (C=O) groups excluding carboxylic acids is 1. The summed E-state index contributed by atoms with van der Waals surface area (Å²) in [5.74, 6) is 0.506. The van der Waals surface area contributed by atoms with Crippen molar-refractivity contribution in [3.63, 3.8) is 0 Å². The first kappa shape index (κ1) is 18.4. The van der Waals surface area contributed by atoms with E-state index in [1.807, 2.05) is 0 Å². The molecule has 1 amide bonds. The maximum absolute atomic E-state index is 12.1. The molecule has 0 saturated heterocycles. The third kappa shape index (κ3) is 4.96. The van der Waals surface area contributed by atoms with Crippen LogP contribution in [0.4, 0.5) is 0 Å². The first-order valence-corrected chi connectivity index (χ1v) is 8.47. The van der Waals surface area contributed by atoms with E-state index in [0.717, 1.165) is 25.7 Å². The van der Waals surface area contributed by atoms with Gasteiger partial charge in [0.1, 0.15) is 0 Å². The van der Waals surface area contributed by atoms with Crippen molar-refractivity contribution < 1.29 is 4.79 Å². The quantitative estimate of drug-likeness (QED) is 0.759. The maximum atomic E-state index is 12.1. The number of primary amides is 1. The first-order chi connectivity index (χ1) is 9.68. The van der Waals surface area contributed by atoms with Crippen molar-refractivity contribution in [2.75, 3.05) is 7.05 Å². The third-order valence-corrected chi connectivity index (χ3v) is 4.85. The number of hydrogen-bond donors (Lipinski definition) is 2. The predicted molar refractivity (Wildman–Crippen MR) is 89.1 cm³/mol. The number of hydrogen-bond acceptors (Lipinski definition) is 3. The minimum atomic E-state index is -0.525. The van der Waals surface area contributed by atoms with Crippen LogP contribution in [-0.2, 0) is 4.79 Å². The van der Waals surface area contributed by atoms with Gasteiger partial charge in [-0.15, -0.1) is 0 Å². The van der Waals surface area contributed by atoms with E-state index in [1.54, 1.807) is 0 Å². The van der Waals surface area contributed by atoms with Crippen LogP contribution in [0.25, 0.3) is 0 Å². The number of nitrogens with one attached hydrogen (secondary N) is 1. The van der Waals surface area contributed by atoms with E-state index in [-0.39, 0.29) is 11.9 Å². The molecule has 124 valence electrons. The molecule has 0 aromatic heterocycles. The fraction of sp³-hybridized carbons (Fsp3) is 0.941. The monoisotopic (exact) mass is 297 g/mol. The van der Waals surface area contributed by atoms with Gasteiger partial charge >= 0.3 is 0 Å². The Morgan fingerprint density at radius 2 is 1.95 bits per heavy atom. The average Bonchev–Trinajstić information content (AvgIpc) is 2.36. The number of amides is 1. The second kappa shape index (κ2) is 7.59. The summed E-state index contributed by atoms with van der Waals surface area (Å²) in [6, 6.07) is 1.25. The van der Waals surface area contributed by atoms with Crippen LogP contribution in [0.1, 0.15) is 66.7 Å². The van der Waals surface area contributed by atoms with Crippen molar-refractivity contribution in [1.82, 2.24) is 10.2 Å². The van der Waals surface area contributed by atoms with Gasteiger partial charge in [-0.05, 0) is 65.8 Å². The minimum Gasteiger partial charge on any atom is -0.368 e. The SMILES string of the molecule is CC(C)CC(C)N(C)C1CCCC(NC(C)C)(C(N)=O)C1. The molecule has 0 aromatic rings. The molecule has 1 fully saturated rings. The lowest BCUT2D eigenvalue weighted by Crippen LogP contribution is -2.62. The van der Waals surface area contributed by atoms with Gasteiger partial charge in [-0.1, -0.05) is 13.8 Å². The van der Waals surface area contributed by atoms with E-state index in [4.69, 9.17) is 5.73 Å². The highest BCUT2D eigenvalue weighted by Gasteiger charge is 2.43. The number of carbonyl (C=O) groups is 1. The van der Waals surface area contributed by atoms with Crippen LogP contribution in [0.5, 0.6) is 0 Å². The fourth-order valence-corrected chi connectivity index (χ4v) is 3.78. The van der Waals surface area contributed by atoms with Crippen LogP contribution < -0.4 is 11.1 Å². The molecule has 0 heterocycles. The van der Waals surface area contributed by atoms with E-state index in [0.29, 0.717) is 18.0 Å². The predicted octanol–water partition coefficient (Wildman–Crippen LogP) is 2.52. The summed E-state index contributed by atoms with van der Waals surface area (Å²) >= 11 is 0. The van der Waals surface area contributed by atoms with E-state index < -0.39 is 5.54 Å². The van der Waals surface area contributed by atoms with Crippen LogP contribution >= 0.6 is 0 Å². The fourth-order valence-electron chi connectivity index (χ4n) is 3.78. The summed E-state index contributed by atoms with van der Waals surface area (Å²) in [5, 5.41) is 3.46. The second-order valence-electron chi connectivity index (χ2n) is 7.64. The van der Waals surface area contributed by atoms with Gasteiger partial charge in [0.2, 0.25) is 5.91 Å². The van der Waals surface area contributed by atoms with Gasteiger partial charge < -0.3 is 16.0 Å². The van der Waals surface area contributed by atoms with Gasteiger partial charge in [0.25, 0.3) is 0 Å². The molecule has 0 bridgehead atoms. The van der Waals surface area contributed by atoms with Crippen LogP contribution in [-0.4, -0.2) is 41.5 Å². The van der Waals surface area contributed by atoms with Crippen molar-refractivity contribution in [3.8, 4) is 0 Å². The summed E-state index contributed by atoms with van der Waals surface area (Å²) in [5.41, 5.74) is 5.22. The zero-order valence-corrected chi connectivity index (χ0v) is 14.8. The maximum Gasteiger partial charge on any atom is 0.237 e. The largest absolute Gasteiger partial charge is 0.368 e. The van der Waals surface area contributed by atoms with Gasteiger partial charge in [-0.3, -0.25) is 4.79 Å². The zero-order chi connectivity index (χ0) is 16.2. The zero-order valence-electron chi connectivity index (χ0n) is 14.8. The van der Waals surface area contributed by atoms with Crippen molar-refractivity contribution in [2.24, 2.45) is 11.7 Å². The standard InChI is InChI=1S/C17H35N3O/c1-12(2)10-14(5)20(6)15-8-7-9-17(11-15,16(18)21)19-13(3)4/h12-15,19H,7-11H2,1-6H3,(H2,18,21). The Morgan fingerprint density at radius 1 is 1.33 bits per heavy atom. The highest BCUT2D eigenvalue weighted by atomic mass is 16.1. The van der Waals surface area contributed by atoms with Crippen LogP contribution in [0, 0.1) is 5.92 Å². The average molecular weight is 297 g/mol. The Labute approximate surface area is 130 Å². The summed E-state index contributed by atoms with van der Waals surface area (Å²) in [6.07, 6.45) is 5.11. The summed E-state index contributed by atoms with van der Waals surface area (Å²) in [6.45, 7) is 11.0. The molecule has 1 saturated carbocycles. The molecule has 3 N–H and O–H groups in total. The highest BCUT2D eigenvalue weighted by molar-refractivity contribution is 5.85. The Balaban J connectivity index is 2.79. The summed E-state index contributed by atoms with van der Waals surface area (Å²) < 4.78 is 0. The molecule has 21 heavy (non-hydrogen) atoms. The Kier molecular flexibility index (Phi) is 6.67. The normalized spacial score (nSPS) is 28.3. The van der Waals surface area contributed by atoms with Crippen molar-refractivity contribution in [1.29, 1.82) is 0 Å². The smallest absolute Gasteiger partial charge is 0.237 e. The van der Waals surface area contributed by atoms with Crippen molar-refractivity contribution in [3.05, 3.63) is 0 Å². The van der Waals surface area contributed by atoms with E-state index in [1.165, 1.54) is 6.42 Å². The highest BCUT2D eigenvalue weighted by Crippen LogP contribution is 2.32. The molecular weight excluding hydrogens is 262 g/mol. The third-order valence-electron chi connectivity index (χ3n) is 4.85. The van der Waals surface area contributed by atoms with Crippen LogP contribution in [0.3, 0.4) is 0 Å². The first-order valence-electron chi connectivity index (χ1n) is 8.47. The number of nitrogens with two attached hydrogens (primary N) is 1. The molecule has 0 spiro atoms. The van der Waals surface area contributed by atoms with E-state index in [2.05, 4.69) is 51.9 Å². The van der Waals surface area contributed by atoms with Gasteiger partial charge in [-0.25, -0.2) is 0 Å². The lowest BCUT2D eigenvalue weighted by molar-refractivity contribution is -0.127.